The second kappa shape index (κ2) is 6.42. The van der Waals surface area contributed by atoms with Crippen molar-refractivity contribution in [3.8, 4) is 5.75 Å². The highest BCUT2D eigenvalue weighted by Crippen LogP contribution is 2.40. The normalized spacial score (nSPS) is 12.3. The van der Waals surface area contributed by atoms with E-state index in [0.29, 0.717) is 11.8 Å². The van der Waals surface area contributed by atoms with Gasteiger partial charge in [0.25, 0.3) is 0 Å². The predicted molar refractivity (Wildman–Crippen MR) is 80.5 cm³/mol. The van der Waals surface area contributed by atoms with Crippen LogP contribution in [0.1, 0.15) is 51.7 Å². The maximum absolute atomic E-state index is 11.2. The number of hydrogen-bond acceptors (Lipinski definition) is 2. The second-order valence-corrected chi connectivity index (χ2v) is 6.43. The molecule has 0 saturated heterocycles. The molecule has 1 aromatic carbocycles. The van der Waals surface area contributed by atoms with Gasteiger partial charge in [-0.1, -0.05) is 39.3 Å². The maximum Gasteiger partial charge on any atom is 0.124 e. The van der Waals surface area contributed by atoms with Gasteiger partial charge in [-0.15, -0.1) is 0 Å². The number of aryl methyl sites for hydroxylation is 1. The first-order chi connectivity index (χ1) is 8.78. The van der Waals surface area contributed by atoms with Crippen molar-refractivity contribution in [1.82, 2.24) is 0 Å². The van der Waals surface area contributed by atoms with Crippen LogP contribution in [0, 0.1) is 18.8 Å². The summed E-state index contributed by atoms with van der Waals surface area (Å²) in [5, 5.41) is 11.2. The SMILES string of the molecule is COc1ccc(C)cc1C(O)(CC(C)C)CC(C)C. The largest absolute Gasteiger partial charge is 0.496 e. The van der Waals surface area contributed by atoms with Gasteiger partial charge >= 0.3 is 0 Å². The van der Waals surface area contributed by atoms with E-state index in [-0.39, 0.29) is 0 Å². The quantitative estimate of drug-likeness (QED) is 0.831. The van der Waals surface area contributed by atoms with Gasteiger partial charge < -0.3 is 9.84 Å². The zero-order chi connectivity index (χ0) is 14.6. The van der Waals surface area contributed by atoms with Crippen LogP contribution in [0.25, 0.3) is 0 Å². The molecular formula is C17H28O2. The van der Waals surface area contributed by atoms with Crippen molar-refractivity contribution in [3.05, 3.63) is 29.3 Å². The minimum atomic E-state index is -0.806. The van der Waals surface area contributed by atoms with E-state index in [9.17, 15) is 5.11 Å². The molecule has 0 aliphatic heterocycles. The van der Waals surface area contributed by atoms with Crippen LogP contribution in [-0.2, 0) is 5.60 Å². The van der Waals surface area contributed by atoms with Gasteiger partial charge in [-0.2, -0.15) is 0 Å². The molecule has 108 valence electrons. The molecule has 0 aliphatic rings. The first-order valence-electron chi connectivity index (χ1n) is 7.16. The zero-order valence-corrected chi connectivity index (χ0v) is 13.2. The summed E-state index contributed by atoms with van der Waals surface area (Å²) in [5.41, 5.74) is 1.28. The van der Waals surface area contributed by atoms with Crippen molar-refractivity contribution >= 4 is 0 Å². The molecule has 0 bridgehead atoms. The summed E-state index contributed by atoms with van der Waals surface area (Å²) in [7, 11) is 1.67. The Morgan fingerprint density at radius 1 is 1.11 bits per heavy atom. The summed E-state index contributed by atoms with van der Waals surface area (Å²) >= 11 is 0. The molecule has 0 aromatic heterocycles. The lowest BCUT2D eigenvalue weighted by molar-refractivity contribution is -0.00643. The van der Waals surface area contributed by atoms with Crippen LogP contribution in [-0.4, -0.2) is 12.2 Å². The molecule has 0 fully saturated rings. The molecule has 1 aromatic rings. The molecule has 0 heterocycles. The molecule has 19 heavy (non-hydrogen) atoms. The van der Waals surface area contributed by atoms with Crippen LogP contribution in [0.5, 0.6) is 5.75 Å². The summed E-state index contributed by atoms with van der Waals surface area (Å²) in [4.78, 5) is 0. The molecule has 1 rings (SSSR count). The van der Waals surface area contributed by atoms with Crippen molar-refractivity contribution in [3.63, 3.8) is 0 Å². The molecule has 2 nitrogen and oxygen atoms in total. The molecule has 0 atom stereocenters. The van der Waals surface area contributed by atoms with E-state index in [4.69, 9.17) is 4.74 Å². The Kier molecular flexibility index (Phi) is 5.42. The highest BCUT2D eigenvalue weighted by atomic mass is 16.5. The summed E-state index contributed by atoms with van der Waals surface area (Å²) in [6.07, 6.45) is 1.51. The van der Waals surface area contributed by atoms with E-state index in [2.05, 4.69) is 33.8 Å². The van der Waals surface area contributed by atoms with Crippen LogP contribution in [0.4, 0.5) is 0 Å². The van der Waals surface area contributed by atoms with E-state index in [1.807, 2.05) is 19.1 Å². The summed E-state index contributed by atoms with van der Waals surface area (Å²) < 4.78 is 5.45. The van der Waals surface area contributed by atoms with E-state index >= 15 is 0 Å². The average molecular weight is 264 g/mol. The lowest BCUT2D eigenvalue weighted by Crippen LogP contribution is -2.30. The summed E-state index contributed by atoms with van der Waals surface area (Å²) in [5.74, 6) is 1.66. The Morgan fingerprint density at radius 3 is 2.05 bits per heavy atom. The third-order valence-electron chi connectivity index (χ3n) is 3.35. The van der Waals surface area contributed by atoms with Crippen LogP contribution in [0.3, 0.4) is 0 Å². The third kappa shape index (κ3) is 4.24. The lowest BCUT2D eigenvalue weighted by atomic mass is 9.79. The fraction of sp³-hybridized carbons (Fsp3) is 0.647. The molecule has 0 aliphatic carbocycles. The molecular weight excluding hydrogens is 236 g/mol. The zero-order valence-electron chi connectivity index (χ0n) is 13.2. The van der Waals surface area contributed by atoms with Crippen LogP contribution < -0.4 is 4.74 Å². The molecule has 0 unspecified atom stereocenters. The fourth-order valence-corrected chi connectivity index (χ4v) is 2.84. The number of aliphatic hydroxyl groups is 1. The Bertz CT molecular complexity index is 398. The minimum Gasteiger partial charge on any atom is -0.496 e. The second-order valence-electron chi connectivity index (χ2n) is 6.43. The summed E-state index contributed by atoms with van der Waals surface area (Å²) in [6.45, 7) is 10.6. The van der Waals surface area contributed by atoms with Gasteiger partial charge in [0.2, 0.25) is 0 Å². The first kappa shape index (κ1) is 16.0. The van der Waals surface area contributed by atoms with Gasteiger partial charge in [0.15, 0.2) is 0 Å². The van der Waals surface area contributed by atoms with Crippen molar-refractivity contribution < 1.29 is 9.84 Å². The standard InChI is InChI=1S/C17H28O2/c1-12(2)10-17(18,11-13(3)4)15-9-14(5)7-8-16(15)19-6/h7-9,12-13,18H,10-11H2,1-6H3. The Balaban J connectivity index is 3.26. The van der Waals surface area contributed by atoms with Gasteiger partial charge in [-0.25, -0.2) is 0 Å². The fourth-order valence-electron chi connectivity index (χ4n) is 2.84. The van der Waals surface area contributed by atoms with Gasteiger partial charge in [-0.05, 0) is 43.7 Å². The number of ether oxygens (including phenoxy) is 1. The van der Waals surface area contributed by atoms with E-state index in [1.54, 1.807) is 7.11 Å². The third-order valence-corrected chi connectivity index (χ3v) is 3.35. The predicted octanol–water partition coefficient (Wildman–Crippen LogP) is 4.28. The average Bonchev–Trinajstić information content (AvgIpc) is 2.26. The molecule has 0 saturated carbocycles. The van der Waals surface area contributed by atoms with Crippen LogP contribution in [0.15, 0.2) is 18.2 Å². The van der Waals surface area contributed by atoms with Gasteiger partial charge in [0.05, 0.1) is 12.7 Å². The van der Waals surface area contributed by atoms with Crippen molar-refractivity contribution in [1.29, 1.82) is 0 Å². The van der Waals surface area contributed by atoms with E-state index in [0.717, 1.165) is 29.7 Å². The highest BCUT2D eigenvalue weighted by molar-refractivity contribution is 5.41. The highest BCUT2D eigenvalue weighted by Gasteiger charge is 2.33. The minimum absolute atomic E-state index is 0.439. The Morgan fingerprint density at radius 2 is 1.63 bits per heavy atom. The number of benzene rings is 1. The van der Waals surface area contributed by atoms with Crippen LogP contribution >= 0.6 is 0 Å². The molecule has 2 heteroatoms. The van der Waals surface area contributed by atoms with Crippen molar-refractivity contribution in [2.45, 2.75) is 53.1 Å². The van der Waals surface area contributed by atoms with Crippen LogP contribution in [0.2, 0.25) is 0 Å². The Labute approximate surface area is 117 Å². The molecule has 0 radical (unpaired) electrons. The van der Waals surface area contributed by atoms with E-state index < -0.39 is 5.60 Å². The molecule has 0 amide bonds. The lowest BCUT2D eigenvalue weighted by Gasteiger charge is -2.33. The molecule has 0 spiro atoms. The first-order valence-corrected chi connectivity index (χ1v) is 7.16. The summed E-state index contributed by atoms with van der Waals surface area (Å²) in [6, 6.07) is 6.04. The monoisotopic (exact) mass is 264 g/mol. The van der Waals surface area contributed by atoms with Gasteiger partial charge in [-0.3, -0.25) is 0 Å². The van der Waals surface area contributed by atoms with Gasteiger partial charge in [0.1, 0.15) is 5.75 Å². The number of hydrogen-bond donors (Lipinski definition) is 1. The Hall–Kier alpha value is -1.02. The topological polar surface area (TPSA) is 29.5 Å². The van der Waals surface area contributed by atoms with Crippen molar-refractivity contribution in [2.75, 3.05) is 7.11 Å². The maximum atomic E-state index is 11.2. The number of methoxy groups -OCH3 is 1. The number of rotatable bonds is 6. The van der Waals surface area contributed by atoms with Gasteiger partial charge in [0, 0.05) is 5.56 Å². The van der Waals surface area contributed by atoms with E-state index in [1.165, 1.54) is 0 Å². The van der Waals surface area contributed by atoms with Crippen molar-refractivity contribution in [2.24, 2.45) is 11.8 Å². The smallest absolute Gasteiger partial charge is 0.124 e. The molecule has 1 N–H and O–H groups in total.